The van der Waals surface area contributed by atoms with E-state index in [1.54, 1.807) is 24.3 Å². The quantitative estimate of drug-likeness (QED) is 0.784. The molecule has 114 valence electrons. The average Bonchev–Trinajstić information content (AvgIpc) is 3.29. The molecule has 1 aromatic carbocycles. The molecule has 1 amide bonds. The van der Waals surface area contributed by atoms with E-state index in [0.717, 1.165) is 12.8 Å². The lowest BCUT2D eigenvalue weighted by molar-refractivity contribution is -0.150. The highest BCUT2D eigenvalue weighted by molar-refractivity contribution is 6.30. The number of carbonyl (C=O) groups is 2. The number of ether oxygens (including phenoxy) is 2. The van der Waals surface area contributed by atoms with Crippen molar-refractivity contribution in [2.24, 2.45) is 5.92 Å². The smallest absolute Gasteiger partial charge is 0.344 e. The highest BCUT2D eigenvalue weighted by atomic mass is 35.5. The Bertz CT molecular complexity index is 499. The zero-order valence-corrected chi connectivity index (χ0v) is 12.6. The average molecular weight is 312 g/mol. The fraction of sp³-hybridized carbons (Fsp3) is 0.467. The lowest BCUT2D eigenvalue weighted by Crippen LogP contribution is -2.37. The third kappa shape index (κ3) is 5.63. The van der Waals surface area contributed by atoms with Gasteiger partial charge in [-0.25, -0.2) is 4.79 Å². The number of hydrogen-bond donors (Lipinski definition) is 1. The van der Waals surface area contributed by atoms with Crippen LogP contribution >= 0.6 is 11.6 Å². The van der Waals surface area contributed by atoms with Crippen LogP contribution in [-0.2, 0) is 14.3 Å². The molecule has 0 bridgehead atoms. The molecule has 5 nitrogen and oxygen atoms in total. The number of halogens is 1. The van der Waals surface area contributed by atoms with Gasteiger partial charge in [-0.05, 0) is 49.9 Å². The van der Waals surface area contributed by atoms with E-state index in [-0.39, 0.29) is 25.2 Å². The lowest BCUT2D eigenvalue weighted by Gasteiger charge is -2.12. The fourth-order valence-corrected chi connectivity index (χ4v) is 2.00. The predicted molar refractivity (Wildman–Crippen MR) is 78.2 cm³/mol. The molecule has 2 rings (SSSR count). The molecular formula is C15H18ClNO4. The van der Waals surface area contributed by atoms with Gasteiger partial charge in [0.05, 0.1) is 0 Å². The van der Waals surface area contributed by atoms with Crippen LogP contribution in [0.3, 0.4) is 0 Å². The van der Waals surface area contributed by atoms with Gasteiger partial charge in [0.25, 0.3) is 5.91 Å². The first-order valence-corrected chi connectivity index (χ1v) is 7.26. The van der Waals surface area contributed by atoms with Crippen molar-refractivity contribution in [3.05, 3.63) is 29.3 Å². The molecule has 21 heavy (non-hydrogen) atoms. The Morgan fingerprint density at radius 3 is 2.57 bits per heavy atom. The summed E-state index contributed by atoms with van der Waals surface area (Å²) in [5, 5.41) is 3.39. The summed E-state index contributed by atoms with van der Waals surface area (Å²) >= 11 is 5.74. The van der Waals surface area contributed by atoms with Crippen molar-refractivity contribution in [1.29, 1.82) is 0 Å². The molecule has 0 aliphatic heterocycles. The minimum absolute atomic E-state index is 0.140. The maximum Gasteiger partial charge on any atom is 0.344 e. The Morgan fingerprint density at radius 2 is 1.95 bits per heavy atom. The molecule has 0 aromatic heterocycles. The Labute approximate surface area is 128 Å². The van der Waals surface area contributed by atoms with Crippen LogP contribution in [0.2, 0.25) is 5.02 Å². The van der Waals surface area contributed by atoms with E-state index in [1.807, 2.05) is 6.92 Å². The predicted octanol–water partition coefficient (Wildman–Crippen LogP) is 2.18. The van der Waals surface area contributed by atoms with Crippen LogP contribution in [-0.4, -0.2) is 31.1 Å². The fourth-order valence-electron chi connectivity index (χ4n) is 1.87. The topological polar surface area (TPSA) is 64.6 Å². The van der Waals surface area contributed by atoms with Gasteiger partial charge in [0, 0.05) is 11.1 Å². The molecule has 6 heteroatoms. The summed E-state index contributed by atoms with van der Waals surface area (Å²) < 4.78 is 10.1. The second kappa shape index (κ2) is 7.31. The highest BCUT2D eigenvalue weighted by Crippen LogP contribution is 2.32. The third-order valence-electron chi connectivity index (χ3n) is 3.25. The standard InChI is InChI=1S/C15H18ClNO4/c1-10(11-2-3-11)17-14(18)8-21-15(19)9-20-13-6-4-12(16)5-7-13/h4-7,10-11H,2-3,8-9H2,1H3,(H,17,18)/t10-/m0/s1. The van der Waals surface area contributed by atoms with Crippen LogP contribution < -0.4 is 10.1 Å². The van der Waals surface area contributed by atoms with Gasteiger partial charge in [0.2, 0.25) is 0 Å². The van der Waals surface area contributed by atoms with Gasteiger partial charge >= 0.3 is 5.97 Å². The molecule has 1 atom stereocenters. The molecule has 0 radical (unpaired) electrons. The molecule has 0 spiro atoms. The number of nitrogens with one attached hydrogen (secondary N) is 1. The first kappa shape index (κ1) is 15.6. The Balaban J connectivity index is 1.62. The number of benzene rings is 1. The van der Waals surface area contributed by atoms with Crippen molar-refractivity contribution in [3.8, 4) is 5.75 Å². The van der Waals surface area contributed by atoms with Crippen molar-refractivity contribution in [2.45, 2.75) is 25.8 Å². The maximum absolute atomic E-state index is 11.6. The molecule has 0 unspecified atom stereocenters. The zero-order chi connectivity index (χ0) is 15.2. The number of hydrogen-bond acceptors (Lipinski definition) is 4. The number of amides is 1. The van der Waals surface area contributed by atoms with E-state index >= 15 is 0 Å². The molecule has 1 aromatic rings. The van der Waals surface area contributed by atoms with Gasteiger partial charge in [0.1, 0.15) is 5.75 Å². The van der Waals surface area contributed by atoms with E-state index in [1.165, 1.54) is 0 Å². The van der Waals surface area contributed by atoms with Crippen molar-refractivity contribution >= 4 is 23.5 Å². The van der Waals surface area contributed by atoms with Gasteiger partial charge < -0.3 is 14.8 Å². The molecule has 0 heterocycles. The van der Waals surface area contributed by atoms with Gasteiger partial charge in [-0.1, -0.05) is 11.6 Å². The maximum atomic E-state index is 11.6. The van der Waals surface area contributed by atoms with Crippen LogP contribution in [0.4, 0.5) is 0 Å². The van der Waals surface area contributed by atoms with E-state index in [4.69, 9.17) is 21.1 Å². The van der Waals surface area contributed by atoms with E-state index in [9.17, 15) is 9.59 Å². The van der Waals surface area contributed by atoms with Crippen LogP contribution in [0, 0.1) is 5.92 Å². The molecule has 1 N–H and O–H groups in total. The van der Waals surface area contributed by atoms with E-state index in [0.29, 0.717) is 16.7 Å². The first-order valence-electron chi connectivity index (χ1n) is 6.88. The summed E-state index contributed by atoms with van der Waals surface area (Å²) in [5.74, 6) is 0.217. The lowest BCUT2D eigenvalue weighted by atomic mass is 10.2. The van der Waals surface area contributed by atoms with Gasteiger partial charge in [0.15, 0.2) is 13.2 Å². The molecule has 1 fully saturated rings. The molecule has 1 aliphatic rings. The Hall–Kier alpha value is -1.75. The number of carbonyl (C=O) groups excluding carboxylic acids is 2. The van der Waals surface area contributed by atoms with Crippen LogP contribution in [0.1, 0.15) is 19.8 Å². The van der Waals surface area contributed by atoms with Crippen LogP contribution in [0.25, 0.3) is 0 Å². The summed E-state index contributed by atoms with van der Waals surface area (Å²) in [4.78, 5) is 23.0. The zero-order valence-electron chi connectivity index (χ0n) is 11.8. The summed E-state index contributed by atoms with van der Waals surface area (Å²) in [6.45, 7) is 1.44. The normalized spacial score (nSPS) is 15.1. The van der Waals surface area contributed by atoms with Gasteiger partial charge in [-0.15, -0.1) is 0 Å². The van der Waals surface area contributed by atoms with Crippen molar-refractivity contribution in [1.82, 2.24) is 5.32 Å². The molecule has 1 aliphatic carbocycles. The summed E-state index contributed by atoms with van der Waals surface area (Å²) in [6.07, 6.45) is 2.30. The minimum atomic E-state index is -0.584. The second-order valence-electron chi connectivity index (χ2n) is 5.10. The van der Waals surface area contributed by atoms with Crippen molar-refractivity contribution in [3.63, 3.8) is 0 Å². The Kier molecular flexibility index (Phi) is 5.44. The summed E-state index contributed by atoms with van der Waals surface area (Å²) in [6, 6.07) is 6.77. The number of esters is 1. The van der Waals surface area contributed by atoms with Crippen molar-refractivity contribution in [2.75, 3.05) is 13.2 Å². The van der Waals surface area contributed by atoms with Gasteiger partial charge in [-0.3, -0.25) is 4.79 Å². The van der Waals surface area contributed by atoms with Crippen molar-refractivity contribution < 1.29 is 19.1 Å². The molecule has 1 saturated carbocycles. The van der Waals surface area contributed by atoms with Crippen LogP contribution in [0.15, 0.2) is 24.3 Å². The monoisotopic (exact) mass is 311 g/mol. The number of rotatable bonds is 7. The van der Waals surface area contributed by atoms with Gasteiger partial charge in [-0.2, -0.15) is 0 Å². The summed E-state index contributed by atoms with van der Waals surface area (Å²) in [5.41, 5.74) is 0. The largest absolute Gasteiger partial charge is 0.482 e. The minimum Gasteiger partial charge on any atom is -0.482 e. The molecular weight excluding hydrogens is 294 g/mol. The summed E-state index contributed by atoms with van der Waals surface area (Å²) in [7, 11) is 0. The van der Waals surface area contributed by atoms with E-state index in [2.05, 4.69) is 5.32 Å². The molecule has 0 saturated heterocycles. The first-order chi connectivity index (χ1) is 10.0. The second-order valence-corrected chi connectivity index (χ2v) is 5.53. The third-order valence-corrected chi connectivity index (χ3v) is 3.50. The van der Waals surface area contributed by atoms with E-state index < -0.39 is 5.97 Å². The SMILES string of the molecule is C[C@H](NC(=O)COC(=O)COc1ccc(Cl)cc1)C1CC1. The Morgan fingerprint density at radius 1 is 1.29 bits per heavy atom. The van der Waals surface area contributed by atoms with Crippen LogP contribution in [0.5, 0.6) is 5.75 Å². The highest BCUT2D eigenvalue weighted by Gasteiger charge is 2.28.